The number of aromatic nitrogens is 1. The predicted molar refractivity (Wildman–Crippen MR) is 96.4 cm³/mol. The van der Waals surface area contributed by atoms with Crippen LogP contribution in [-0.2, 0) is 10.3 Å². The third-order valence-corrected chi connectivity index (χ3v) is 5.38. The topological polar surface area (TPSA) is 69.1 Å². The van der Waals surface area contributed by atoms with Gasteiger partial charge in [0.15, 0.2) is 5.96 Å². The number of rotatable bonds is 3. The summed E-state index contributed by atoms with van der Waals surface area (Å²) in [6.45, 7) is 1.95. The van der Waals surface area contributed by atoms with Crippen molar-refractivity contribution in [3.8, 4) is 0 Å². The second kappa shape index (κ2) is 5.69. The average Bonchev–Trinajstić information content (AvgIpc) is 3.46. The molecule has 25 heavy (non-hydrogen) atoms. The van der Waals surface area contributed by atoms with E-state index in [-0.39, 0.29) is 11.9 Å². The van der Waals surface area contributed by atoms with Crippen LogP contribution >= 0.6 is 0 Å². The lowest BCUT2D eigenvalue weighted by Crippen LogP contribution is -2.62. The van der Waals surface area contributed by atoms with E-state index in [1.165, 1.54) is 23.3 Å². The summed E-state index contributed by atoms with van der Waals surface area (Å²) in [7, 11) is 1.64. The highest BCUT2D eigenvalue weighted by molar-refractivity contribution is 6.02. The van der Waals surface area contributed by atoms with Gasteiger partial charge in [0.1, 0.15) is 0 Å². The zero-order valence-electron chi connectivity index (χ0n) is 14.5. The minimum atomic E-state index is -0.761. The molecule has 1 saturated carbocycles. The van der Waals surface area contributed by atoms with Crippen molar-refractivity contribution in [2.75, 3.05) is 7.05 Å². The molecule has 0 spiro atoms. The molecule has 2 aromatic rings. The summed E-state index contributed by atoms with van der Waals surface area (Å²) in [5.74, 6) is 0.266. The zero-order valence-corrected chi connectivity index (χ0v) is 14.5. The van der Waals surface area contributed by atoms with Crippen LogP contribution in [0.1, 0.15) is 48.4 Å². The number of nitrogens with one attached hydrogen (secondary N) is 2. The molecule has 128 valence electrons. The van der Waals surface area contributed by atoms with E-state index in [0.29, 0.717) is 5.92 Å². The first-order chi connectivity index (χ1) is 12.0. The molecular formula is C20H22N4O. The maximum absolute atomic E-state index is 13.1. The summed E-state index contributed by atoms with van der Waals surface area (Å²) in [6, 6.07) is 14.1. The van der Waals surface area contributed by atoms with Gasteiger partial charge in [-0.3, -0.25) is 20.1 Å². The first-order valence-electron chi connectivity index (χ1n) is 8.66. The SMILES string of the molecule is CN1C(=N)N[C@](C)(c2ccccn2)[C@@H](c2ccc(C3CC3)cc2)C1=O. The fourth-order valence-electron chi connectivity index (χ4n) is 3.69. The van der Waals surface area contributed by atoms with Gasteiger partial charge >= 0.3 is 0 Å². The van der Waals surface area contributed by atoms with Gasteiger partial charge in [-0.25, -0.2) is 0 Å². The van der Waals surface area contributed by atoms with Crippen molar-refractivity contribution in [2.24, 2.45) is 0 Å². The van der Waals surface area contributed by atoms with Gasteiger partial charge in [0.05, 0.1) is 17.2 Å². The minimum absolute atomic E-state index is 0.0870. The second-order valence-corrected chi connectivity index (χ2v) is 7.16. The molecule has 0 unspecified atom stereocenters. The number of nitrogens with zero attached hydrogens (tertiary/aromatic N) is 2. The van der Waals surface area contributed by atoms with Crippen LogP contribution in [0, 0.1) is 5.41 Å². The van der Waals surface area contributed by atoms with E-state index in [1.54, 1.807) is 13.2 Å². The number of pyridine rings is 1. The van der Waals surface area contributed by atoms with Gasteiger partial charge in [-0.2, -0.15) is 0 Å². The normalized spacial score (nSPS) is 26.5. The summed E-state index contributed by atoms with van der Waals surface area (Å²) in [6.07, 6.45) is 4.24. The molecule has 0 bridgehead atoms. The number of carbonyl (C=O) groups excluding carboxylic acids is 1. The molecule has 5 heteroatoms. The number of hydrogen-bond acceptors (Lipinski definition) is 3. The molecule has 1 aliphatic heterocycles. The maximum atomic E-state index is 13.1. The average molecular weight is 334 g/mol. The van der Waals surface area contributed by atoms with Crippen molar-refractivity contribution >= 4 is 11.9 Å². The van der Waals surface area contributed by atoms with Crippen molar-refractivity contribution in [1.82, 2.24) is 15.2 Å². The highest BCUT2D eigenvalue weighted by atomic mass is 16.2. The van der Waals surface area contributed by atoms with Crippen LogP contribution in [-0.4, -0.2) is 28.8 Å². The Balaban J connectivity index is 1.79. The standard InChI is InChI=1S/C20H22N4O/c1-20(16-5-3-4-12-22-16)17(18(25)24(2)19(21)23-20)15-10-8-14(9-11-15)13-6-7-13/h3-5,8-13,17H,6-7H2,1-2H3,(H2,21,23)/t17-,20+/m0/s1. The fraction of sp³-hybridized carbons (Fsp3) is 0.350. The molecule has 1 amide bonds. The highest BCUT2D eigenvalue weighted by Gasteiger charge is 2.49. The molecular weight excluding hydrogens is 312 g/mol. The smallest absolute Gasteiger partial charge is 0.239 e. The summed E-state index contributed by atoms with van der Waals surface area (Å²) >= 11 is 0. The van der Waals surface area contributed by atoms with Gasteiger partial charge in [0.25, 0.3) is 0 Å². The Kier molecular flexibility index (Phi) is 3.60. The summed E-state index contributed by atoms with van der Waals surface area (Å²) < 4.78 is 0. The number of likely N-dealkylation sites (N-methyl/N-ethyl adjacent to an activating group) is 1. The van der Waals surface area contributed by atoms with Crippen LogP contribution in [0.25, 0.3) is 0 Å². The molecule has 1 aromatic carbocycles. The molecule has 2 aliphatic rings. The molecule has 1 aliphatic carbocycles. The monoisotopic (exact) mass is 334 g/mol. The zero-order chi connectivity index (χ0) is 17.6. The predicted octanol–water partition coefficient (Wildman–Crippen LogP) is 2.95. The van der Waals surface area contributed by atoms with E-state index < -0.39 is 11.5 Å². The first-order valence-corrected chi connectivity index (χ1v) is 8.66. The molecule has 1 aromatic heterocycles. The Labute approximate surface area is 147 Å². The van der Waals surface area contributed by atoms with Crippen molar-refractivity contribution < 1.29 is 4.79 Å². The van der Waals surface area contributed by atoms with Gasteiger partial charge in [0.2, 0.25) is 5.91 Å². The van der Waals surface area contributed by atoms with Crippen molar-refractivity contribution in [1.29, 1.82) is 5.41 Å². The number of carbonyl (C=O) groups is 1. The van der Waals surface area contributed by atoms with Crippen LogP contribution in [0.2, 0.25) is 0 Å². The molecule has 5 nitrogen and oxygen atoms in total. The summed E-state index contributed by atoms with van der Waals surface area (Å²) in [5.41, 5.74) is 2.30. The molecule has 2 heterocycles. The number of guanidine groups is 1. The largest absolute Gasteiger partial charge is 0.344 e. The van der Waals surface area contributed by atoms with E-state index in [9.17, 15) is 4.79 Å². The van der Waals surface area contributed by atoms with Crippen LogP contribution in [0.15, 0.2) is 48.7 Å². The fourth-order valence-corrected chi connectivity index (χ4v) is 3.69. The Morgan fingerprint density at radius 3 is 2.44 bits per heavy atom. The summed E-state index contributed by atoms with van der Waals surface area (Å²) in [4.78, 5) is 18.9. The van der Waals surface area contributed by atoms with Gasteiger partial charge < -0.3 is 5.32 Å². The molecule has 1 saturated heterocycles. The number of hydrogen-bond donors (Lipinski definition) is 2. The Hall–Kier alpha value is -2.69. The van der Waals surface area contributed by atoms with Crippen LogP contribution in [0.4, 0.5) is 0 Å². The Morgan fingerprint density at radius 1 is 1.16 bits per heavy atom. The number of amides is 1. The minimum Gasteiger partial charge on any atom is -0.344 e. The van der Waals surface area contributed by atoms with Crippen molar-refractivity contribution in [3.63, 3.8) is 0 Å². The molecule has 2 atom stereocenters. The third kappa shape index (κ3) is 2.60. The number of benzene rings is 1. The van der Waals surface area contributed by atoms with Gasteiger partial charge in [0, 0.05) is 13.2 Å². The second-order valence-electron chi connectivity index (χ2n) is 7.16. The lowest BCUT2D eigenvalue weighted by molar-refractivity contribution is -0.131. The first kappa shape index (κ1) is 15.8. The van der Waals surface area contributed by atoms with E-state index in [2.05, 4.69) is 34.6 Å². The Morgan fingerprint density at radius 2 is 1.84 bits per heavy atom. The Bertz CT molecular complexity index is 813. The molecule has 0 radical (unpaired) electrons. The third-order valence-electron chi connectivity index (χ3n) is 5.38. The summed E-state index contributed by atoms with van der Waals surface area (Å²) in [5, 5.41) is 11.4. The molecule has 2 fully saturated rings. The van der Waals surface area contributed by atoms with E-state index >= 15 is 0 Å². The lowest BCUT2D eigenvalue weighted by atomic mass is 9.75. The van der Waals surface area contributed by atoms with Gasteiger partial charge in [-0.15, -0.1) is 0 Å². The van der Waals surface area contributed by atoms with Gasteiger partial charge in [-0.05, 0) is 48.9 Å². The molecule has 4 rings (SSSR count). The van der Waals surface area contributed by atoms with Crippen molar-refractivity contribution in [3.05, 3.63) is 65.5 Å². The van der Waals surface area contributed by atoms with Crippen LogP contribution in [0.3, 0.4) is 0 Å². The quantitative estimate of drug-likeness (QED) is 0.907. The lowest BCUT2D eigenvalue weighted by Gasteiger charge is -2.45. The maximum Gasteiger partial charge on any atom is 0.239 e. The molecule has 2 N–H and O–H groups in total. The van der Waals surface area contributed by atoms with Crippen LogP contribution in [0.5, 0.6) is 0 Å². The van der Waals surface area contributed by atoms with Crippen LogP contribution < -0.4 is 5.32 Å². The highest BCUT2D eigenvalue weighted by Crippen LogP contribution is 2.43. The van der Waals surface area contributed by atoms with E-state index in [4.69, 9.17) is 5.41 Å². The van der Waals surface area contributed by atoms with Gasteiger partial charge in [-0.1, -0.05) is 30.3 Å². The van der Waals surface area contributed by atoms with E-state index in [1.807, 2.05) is 25.1 Å². The van der Waals surface area contributed by atoms with Crippen molar-refractivity contribution in [2.45, 2.75) is 37.1 Å². The van der Waals surface area contributed by atoms with E-state index in [0.717, 1.165) is 11.3 Å².